The minimum atomic E-state index is -0.209. The first-order chi connectivity index (χ1) is 7.54. The van der Waals surface area contributed by atoms with Crippen LogP contribution in [-0.2, 0) is 0 Å². The quantitative estimate of drug-likeness (QED) is 0.933. The molecule has 1 rings (SSSR count). The van der Waals surface area contributed by atoms with Gasteiger partial charge in [0.1, 0.15) is 0 Å². The van der Waals surface area contributed by atoms with Crippen molar-refractivity contribution in [3.63, 3.8) is 0 Å². The van der Waals surface area contributed by atoms with E-state index in [0.29, 0.717) is 21.6 Å². The molecule has 1 aromatic rings. The molecule has 0 saturated heterocycles. The lowest BCUT2D eigenvalue weighted by Gasteiger charge is -2.06. The van der Waals surface area contributed by atoms with Crippen LogP contribution in [-0.4, -0.2) is 12.5 Å². The first-order valence-electron chi connectivity index (χ1n) is 4.67. The normalized spacial score (nSPS) is 11.6. The van der Waals surface area contributed by atoms with E-state index in [9.17, 15) is 4.79 Å². The Morgan fingerprint density at radius 2 is 2.38 bits per heavy atom. The van der Waals surface area contributed by atoms with Gasteiger partial charge in [-0.05, 0) is 41.1 Å². The minimum absolute atomic E-state index is 0.195. The first kappa shape index (κ1) is 13.0. The molecule has 1 atom stereocenters. The Morgan fingerprint density at radius 3 is 2.94 bits per heavy atom. The lowest BCUT2D eigenvalue weighted by Crippen LogP contribution is -2.27. The van der Waals surface area contributed by atoms with Gasteiger partial charge in [-0.15, -0.1) is 0 Å². The molecular weight excluding hydrogens is 291 g/mol. The second kappa shape index (κ2) is 5.88. The number of nitriles is 1. The van der Waals surface area contributed by atoms with E-state index in [2.05, 4.69) is 21.2 Å². The summed E-state index contributed by atoms with van der Waals surface area (Å²) >= 11 is 9.06. The maximum atomic E-state index is 11.6. The van der Waals surface area contributed by atoms with Crippen molar-refractivity contribution in [1.29, 1.82) is 5.26 Å². The highest BCUT2D eigenvalue weighted by molar-refractivity contribution is 9.10. The predicted octanol–water partition coefficient (Wildman–Crippen LogP) is 2.99. The Morgan fingerprint density at radius 1 is 1.69 bits per heavy atom. The first-order valence-corrected chi connectivity index (χ1v) is 5.84. The van der Waals surface area contributed by atoms with Gasteiger partial charge in [0.2, 0.25) is 0 Å². The molecule has 16 heavy (non-hydrogen) atoms. The van der Waals surface area contributed by atoms with Crippen molar-refractivity contribution in [3.8, 4) is 6.07 Å². The van der Waals surface area contributed by atoms with Crippen LogP contribution >= 0.6 is 27.5 Å². The van der Waals surface area contributed by atoms with E-state index in [1.807, 2.05) is 6.07 Å². The number of carbonyl (C=O) groups excluding carboxylic acids is 1. The van der Waals surface area contributed by atoms with Gasteiger partial charge in [0.15, 0.2) is 0 Å². The Labute approximate surface area is 108 Å². The van der Waals surface area contributed by atoms with Gasteiger partial charge in [0.05, 0.1) is 17.0 Å². The number of hydrogen-bond acceptors (Lipinski definition) is 2. The molecule has 5 heteroatoms. The van der Waals surface area contributed by atoms with Gasteiger partial charge in [-0.2, -0.15) is 5.26 Å². The van der Waals surface area contributed by atoms with Crippen LogP contribution in [0.2, 0.25) is 5.02 Å². The van der Waals surface area contributed by atoms with Crippen molar-refractivity contribution in [2.24, 2.45) is 5.92 Å². The molecule has 1 aromatic carbocycles. The standard InChI is InChI=1S/C11H10BrClN2O/c1-7(5-14)6-15-11(16)8-2-3-10(13)9(12)4-8/h2-4,7H,6H2,1H3,(H,15,16). The monoisotopic (exact) mass is 300 g/mol. The molecular formula is C11H10BrClN2O. The Balaban J connectivity index is 2.67. The highest BCUT2D eigenvalue weighted by atomic mass is 79.9. The average Bonchev–Trinajstić information content (AvgIpc) is 2.29. The second-order valence-corrected chi connectivity index (χ2v) is 4.63. The molecule has 1 unspecified atom stereocenters. The third-order valence-corrected chi connectivity index (χ3v) is 3.18. The molecule has 0 radical (unpaired) electrons. The van der Waals surface area contributed by atoms with E-state index in [-0.39, 0.29) is 11.8 Å². The van der Waals surface area contributed by atoms with Gasteiger partial charge in [-0.25, -0.2) is 0 Å². The van der Waals surface area contributed by atoms with Gasteiger partial charge in [0.25, 0.3) is 5.91 Å². The average molecular weight is 302 g/mol. The molecule has 84 valence electrons. The van der Waals surface area contributed by atoms with Crippen molar-refractivity contribution in [1.82, 2.24) is 5.32 Å². The summed E-state index contributed by atoms with van der Waals surface area (Å²) in [5, 5.41) is 11.8. The van der Waals surface area contributed by atoms with Gasteiger partial charge in [-0.1, -0.05) is 11.6 Å². The molecule has 0 fully saturated rings. The topological polar surface area (TPSA) is 52.9 Å². The summed E-state index contributed by atoms with van der Waals surface area (Å²) in [4.78, 5) is 11.6. The molecule has 0 aliphatic carbocycles. The van der Waals surface area contributed by atoms with Gasteiger partial charge in [0, 0.05) is 16.6 Å². The largest absolute Gasteiger partial charge is 0.351 e. The van der Waals surface area contributed by atoms with E-state index in [0.717, 1.165) is 0 Å². The number of hydrogen-bond donors (Lipinski definition) is 1. The summed E-state index contributed by atoms with van der Waals surface area (Å²) in [6, 6.07) is 6.98. The van der Waals surface area contributed by atoms with Crippen LogP contribution in [0.15, 0.2) is 22.7 Å². The lowest BCUT2D eigenvalue weighted by molar-refractivity contribution is 0.0950. The van der Waals surface area contributed by atoms with Gasteiger partial charge < -0.3 is 5.32 Å². The summed E-state index contributed by atoms with van der Waals surface area (Å²) < 4.78 is 0.676. The highest BCUT2D eigenvalue weighted by Crippen LogP contribution is 2.23. The van der Waals surface area contributed by atoms with Gasteiger partial charge in [-0.3, -0.25) is 4.79 Å². The molecule has 0 aliphatic rings. The Bertz CT molecular complexity index is 442. The van der Waals surface area contributed by atoms with Crippen LogP contribution in [0.5, 0.6) is 0 Å². The highest BCUT2D eigenvalue weighted by Gasteiger charge is 2.08. The molecule has 0 aliphatic heterocycles. The molecule has 0 heterocycles. The molecule has 3 nitrogen and oxygen atoms in total. The van der Waals surface area contributed by atoms with E-state index in [4.69, 9.17) is 16.9 Å². The summed E-state index contributed by atoms with van der Waals surface area (Å²) in [5.74, 6) is -0.404. The number of nitrogens with one attached hydrogen (secondary N) is 1. The predicted molar refractivity (Wildman–Crippen MR) is 66.3 cm³/mol. The number of benzene rings is 1. The Hall–Kier alpha value is -1.05. The van der Waals surface area contributed by atoms with Crippen LogP contribution in [0.3, 0.4) is 0 Å². The molecule has 1 N–H and O–H groups in total. The zero-order valence-electron chi connectivity index (χ0n) is 8.63. The maximum Gasteiger partial charge on any atom is 0.251 e. The van der Waals surface area contributed by atoms with E-state index in [1.165, 1.54) is 0 Å². The number of carbonyl (C=O) groups is 1. The van der Waals surface area contributed by atoms with Crippen LogP contribution in [0.1, 0.15) is 17.3 Å². The molecule has 0 saturated carbocycles. The van der Waals surface area contributed by atoms with Crippen molar-refractivity contribution < 1.29 is 4.79 Å². The third kappa shape index (κ3) is 3.51. The van der Waals surface area contributed by atoms with Crippen LogP contribution < -0.4 is 5.32 Å². The smallest absolute Gasteiger partial charge is 0.251 e. The minimum Gasteiger partial charge on any atom is -0.351 e. The van der Waals surface area contributed by atoms with Crippen molar-refractivity contribution in [2.45, 2.75) is 6.92 Å². The fraction of sp³-hybridized carbons (Fsp3) is 0.273. The number of amides is 1. The molecule has 1 amide bonds. The van der Waals surface area contributed by atoms with E-state index >= 15 is 0 Å². The maximum absolute atomic E-state index is 11.6. The summed E-state index contributed by atoms with van der Waals surface area (Å²) in [7, 11) is 0. The fourth-order valence-electron chi connectivity index (χ4n) is 1.03. The molecule has 0 bridgehead atoms. The number of rotatable bonds is 3. The third-order valence-electron chi connectivity index (χ3n) is 1.97. The summed E-state index contributed by atoms with van der Waals surface area (Å²) in [6.07, 6.45) is 0. The van der Waals surface area contributed by atoms with E-state index < -0.39 is 0 Å². The summed E-state index contributed by atoms with van der Waals surface area (Å²) in [5.41, 5.74) is 0.515. The lowest BCUT2D eigenvalue weighted by atomic mass is 10.2. The summed E-state index contributed by atoms with van der Waals surface area (Å²) in [6.45, 7) is 2.09. The SMILES string of the molecule is CC(C#N)CNC(=O)c1ccc(Cl)c(Br)c1. The van der Waals surface area contributed by atoms with E-state index in [1.54, 1.807) is 25.1 Å². The van der Waals surface area contributed by atoms with Crippen LogP contribution in [0.25, 0.3) is 0 Å². The second-order valence-electron chi connectivity index (χ2n) is 3.37. The van der Waals surface area contributed by atoms with Crippen LogP contribution in [0, 0.1) is 17.2 Å². The number of halogens is 2. The fourth-order valence-corrected chi connectivity index (χ4v) is 1.53. The van der Waals surface area contributed by atoms with Crippen molar-refractivity contribution in [3.05, 3.63) is 33.3 Å². The number of nitrogens with zero attached hydrogens (tertiary/aromatic N) is 1. The molecule has 0 spiro atoms. The molecule has 0 aromatic heterocycles. The van der Waals surface area contributed by atoms with Crippen molar-refractivity contribution >= 4 is 33.4 Å². The zero-order valence-corrected chi connectivity index (χ0v) is 11.0. The Kier molecular flexibility index (Phi) is 4.78. The van der Waals surface area contributed by atoms with Crippen LogP contribution in [0.4, 0.5) is 0 Å². The van der Waals surface area contributed by atoms with Gasteiger partial charge >= 0.3 is 0 Å². The van der Waals surface area contributed by atoms with Crippen molar-refractivity contribution in [2.75, 3.05) is 6.54 Å². The zero-order chi connectivity index (χ0) is 12.1.